The van der Waals surface area contributed by atoms with Gasteiger partial charge in [0, 0.05) is 56.3 Å². The highest BCUT2D eigenvalue weighted by atomic mass is 19.1. The molecule has 0 radical (unpaired) electrons. The van der Waals surface area contributed by atoms with E-state index in [4.69, 9.17) is 77.2 Å². The van der Waals surface area contributed by atoms with Crippen molar-refractivity contribution in [2.24, 2.45) is 46.3 Å². The average molecular weight is 2050 g/mol. The van der Waals surface area contributed by atoms with Gasteiger partial charge in [-0.25, -0.2) is 55.1 Å². The summed E-state index contributed by atoms with van der Waals surface area (Å²) in [6.45, 7) is 17.1. The van der Waals surface area contributed by atoms with Crippen LogP contribution in [0.25, 0.3) is 44.3 Å². The zero-order valence-electron chi connectivity index (χ0n) is 85.1. The van der Waals surface area contributed by atoms with E-state index >= 15 is 26.3 Å². The molecule has 0 saturated heterocycles. The lowest BCUT2D eigenvalue weighted by molar-refractivity contribution is -0.814. The maximum atomic E-state index is 16.2. The number of carbonyl (C=O) groups excluding carboxylic acids is 6. The molecular weight excluding hydrogens is 1930 g/mol. The minimum atomic E-state index is -1.79. The Kier molecular flexibility index (Phi) is 35.4. The second-order valence-electron chi connectivity index (χ2n) is 39.2. The number of rotatable bonds is 48. The smallest absolute Gasteiger partial charge is 0.341 e. The number of aromatic nitrogens is 6. The number of hydrogen-bond acceptors (Lipinski definition) is 23. The van der Waals surface area contributed by atoms with Gasteiger partial charge in [-0.1, -0.05) is 180 Å². The van der Waals surface area contributed by atoms with E-state index in [1.807, 2.05) is 253 Å². The van der Waals surface area contributed by atoms with Crippen LogP contribution in [-0.2, 0) is 41.5 Å². The molecule has 0 fully saturated rings. The minimum Gasteiger partial charge on any atom is -0.493 e. The maximum absolute atomic E-state index is 16.2. The summed E-state index contributed by atoms with van der Waals surface area (Å²) >= 11 is 0. The van der Waals surface area contributed by atoms with Gasteiger partial charge in [-0.15, -0.1) is 0 Å². The van der Waals surface area contributed by atoms with Crippen LogP contribution >= 0.6 is 0 Å². The number of esters is 6. The Morgan fingerprint density at radius 1 is 0.293 bits per heavy atom. The van der Waals surface area contributed by atoms with Gasteiger partial charge in [-0.3, -0.25) is 0 Å². The average Bonchev–Trinajstić information content (AvgIpc) is 1.56. The van der Waals surface area contributed by atoms with Crippen LogP contribution in [0.2, 0.25) is 0 Å². The van der Waals surface area contributed by atoms with Crippen molar-refractivity contribution < 1.29 is 117 Å². The summed E-state index contributed by atoms with van der Waals surface area (Å²) in [5.41, 5.74) is 0.130. The van der Waals surface area contributed by atoms with Crippen LogP contribution in [0.5, 0.6) is 34.5 Å². The van der Waals surface area contributed by atoms with Gasteiger partial charge < -0.3 is 66.6 Å². The van der Waals surface area contributed by atoms with Gasteiger partial charge >= 0.3 is 35.8 Å². The Hall–Kier alpha value is -16.5. The van der Waals surface area contributed by atoms with E-state index in [0.29, 0.717) is 22.5 Å². The Labute approximate surface area is 865 Å². The van der Waals surface area contributed by atoms with E-state index in [9.17, 15) is 28.8 Å². The van der Waals surface area contributed by atoms with Gasteiger partial charge in [-0.2, -0.15) is 30.0 Å². The summed E-state index contributed by atoms with van der Waals surface area (Å²) in [5, 5.41) is 22.3. The molecule has 2 aromatic heterocycles. The highest BCUT2D eigenvalue weighted by Gasteiger charge is 2.42. The van der Waals surface area contributed by atoms with Gasteiger partial charge in [0.15, 0.2) is 6.54 Å². The van der Waals surface area contributed by atoms with E-state index < -0.39 is 168 Å². The van der Waals surface area contributed by atoms with Crippen LogP contribution in [0, 0.1) is 81.2 Å². The van der Waals surface area contributed by atoms with E-state index in [0.717, 1.165) is 95.5 Å². The van der Waals surface area contributed by atoms with Crippen molar-refractivity contribution in [3.05, 3.63) is 347 Å². The third kappa shape index (κ3) is 27.5. The fraction of sp³-hybridized carbons (Fsp3) is 0.288. The number of fused-ring (bicyclic) bond motifs is 2. The number of benzene rings is 13. The third-order valence-corrected chi connectivity index (χ3v) is 23.6. The Morgan fingerprint density at radius 3 is 0.767 bits per heavy atom. The summed E-state index contributed by atoms with van der Waals surface area (Å²) in [7, 11) is 0. The molecule has 32 heteroatoms. The van der Waals surface area contributed by atoms with Crippen LogP contribution in [0.4, 0.5) is 60.5 Å². The Morgan fingerprint density at radius 2 is 0.520 bits per heavy atom. The summed E-state index contributed by atoms with van der Waals surface area (Å²) in [4.78, 5) is 90.1. The normalized spacial score (nSPS) is 11.6. The molecule has 0 spiro atoms. The van der Waals surface area contributed by atoms with E-state index in [-0.39, 0.29) is 143 Å². The number of ether oxygens (including phenoxy) is 12. The van der Waals surface area contributed by atoms with Crippen molar-refractivity contribution in [1.29, 1.82) is 0 Å². The van der Waals surface area contributed by atoms with Crippen LogP contribution in [0.15, 0.2) is 279 Å². The largest absolute Gasteiger partial charge is 0.493 e. The van der Waals surface area contributed by atoms with Crippen LogP contribution in [0.1, 0.15) is 145 Å². The van der Waals surface area contributed by atoms with Gasteiger partial charge in [0.05, 0.1) is 85.0 Å². The first-order chi connectivity index (χ1) is 72.1. The standard InChI is InChI=1S/C118H116F6N8O18/c1-73(2)59-139-111(133)93-53-87(41-47-99(93)119)145-67-117(68-146-88-42-48-100(120)94(54-88)112(134)140-60-74(3)4,69-147-89-43-49-101(121)95(55-89)113(135)141-61-75(5)6)65-129-125-107-105(79-33-37-85(38-34-79)131(81-25-17-13-18-26-81)82-27-19-14-20-28-82)109-110(106(108(107)126-129)80-35-39-86(40-36-80)132(83-29-21-15-22-30-83)84-31-23-16-24-32-84)128-130(127-109)66-118(70-148-90-44-50-102(122)96(56-90)114(136)142-62-76(7)8,71-149-91-45-51-103(123)97(57-91)115(137)143-63-77(9)10)72-150-92-46-52-104(124)98(58-92)116(138)144-64-78(11)12/h13-58,73-78H,59-72H2,1-12H3. The van der Waals surface area contributed by atoms with Crippen molar-refractivity contribution in [2.45, 2.75) is 96.2 Å². The predicted octanol–water partition coefficient (Wildman–Crippen LogP) is 24.7. The molecule has 0 atom stereocenters. The quantitative estimate of drug-likeness (QED) is 0.0148. The van der Waals surface area contributed by atoms with E-state index in [1.54, 1.807) is 0 Å². The zero-order valence-corrected chi connectivity index (χ0v) is 85.1. The second kappa shape index (κ2) is 49.3. The van der Waals surface area contributed by atoms with Crippen molar-refractivity contribution in [3.8, 4) is 56.8 Å². The van der Waals surface area contributed by atoms with E-state index in [1.165, 1.54) is 46.0 Å². The van der Waals surface area contributed by atoms with E-state index in [2.05, 4.69) is 9.80 Å². The molecule has 15 aromatic rings. The SMILES string of the molecule is CC(C)COC(=O)c1cc(OCC(COc2ccc(F)c(C(=O)OCC(C)C)c2)(COc2ccc(F)c(C(=O)OCC(C)C)c2)Cn2nc3c(-c4ccc(N(c5ccccc5)c5ccccc5)cc4)c4n[n+](CC(COc5ccc(F)c(C(=O)OCC(C)C)c5)(COc5ccc(F)c(C(=O)OCC(C)C)c5)COc5ccc(F)c(C(=O)OCC(C)C)c5)[n-]c4c(-c4ccc(N(c5ccccc5)c5ccccc5)cc4)c3n2)ccc1F. The van der Waals surface area contributed by atoms with Crippen LogP contribution in [0.3, 0.4) is 0 Å². The zero-order chi connectivity index (χ0) is 106. The molecular formula is C118H116F6N8O18. The van der Waals surface area contributed by atoms with Gasteiger partial charge in [0.2, 0.25) is 0 Å². The number of hydrogen-bond donors (Lipinski definition) is 0. The summed E-state index contributed by atoms with van der Waals surface area (Å²) < 4.78 is 171. The molecule has 778 valence electrons. The monoisotopic (exact) mass is 2050 g/mol. The first-order valence-electron chi connectivity index (χ1n) is 49.4. The van der Waals surface area contributed by atoms with Gasteiger partial charge in [-0.05, 0) is 229 Å². The summed E-state index contributed by atoms with van der Waals surface area (Å²) in [6, 6.07) is 74.8. The van der Waals surface area contributed by atoms with Crippen LogP contribution in [-0.4, -0.2) is 135 Å². The summed E-state index contributed by atoms with van der Waals surface area (Å²) in [6.07, 6.45) is 0. The number of nitrogens with zero attached hydrogens (tertiary/aromatic N) is 8. The van der Waals surface area contributed by atoms with Crippen molar-refractivity contribution in [1.82, 2.24) is 25.2 Å². The fourth-order valence-corrected chi connectivity index (χ4v) is 16.0. The second-order valence-corrected chi connectivity index (χ2v) is 39.2. The van der Waals surface area contributed by atoms with Crippen LogP contribution < -0.4 is 48.1 Å². The molecule has 150 heavy (non-hydrogen) atoms. The lowest BCUT2D eigenvalue weighted by Crippen LogP contribution is -2.55. The molecule has 0 N–H and O–H groups in total. The molecule has 0 aliphatic rings. The van der Waals surface area contributed by atoms with Crippen molar-refractivity contribution in [2.75, 3.05) is 89.1 Å². The first kappa shape index (κ1) is 108. The predicted molar refractivity (Wildman–Crippen MR) is 554 cm³/mol. The number of para-hydroxylation sites is 4. The topological polar surface area (TPSA) is 281 Å². The first-order valence-corrected chi connectivity index (χ1v) is 49.4. The van der Waals surface area contributed by atoms with Gasteiger partial charge in [0.25, 0.3) is 0 Å². The third-order valence-electron chi connectivity index (χ3n) is 23.6. The Balaban J connectivity index is 0.998. The highest BCUT2D eigenvalue weighted by Crippen LogP contribution is 2.46. The highest BCUT2D eigenvalue weighted by molar-refractivity contribution is 6.16. The molecule has 0 bridgehead atoms. The molecule has 2 heterocycles. The molecule has 0 saturated carbocycles. The lowest BCUT2D eigenvalue weighted by atomic mass is 9.90. The fourth-order valence-electron chi connectivity index (χ4n) is 16.0. The molecule has 13 aromatic carbocycles. The van der Waals surface area contributed by atoms with Crippen molar-refractivity contribution >= 4 is 92.0 Å². The molecule has 0 aliphatic carbocycles. The number of halogens is 6. The molecule has 0 unspecified atom stereocenters. The maximum Gasteiger partial charge on any atom is 0.341 e. The molecule has 15 rings (SSSR count). The Bertz CT molecular complexity index is 6310. The van der Waals surface area contributed by atoms with Gasteiger partial charge in [0.1, 0.15) is 125 Å². The number of anilines is 6. The number of carbonyl (C=O) groups is 6. The summed E-state index contributed by atoms with van der Waals surface area (Å²) in [5.74, 6) is -12.9. The minimum absolute atomic E-state index is 0.0628. The lowest BCUT2D eigenvalue weighted by Gasteiger charge is -2.33. The molecule has 0 aliphatic heterocycles. The van der Waals surface area contributed by atoms with Crippen molar-refractivity contribution in [3.63, 3.8) is 0 Å². The molecule has 26 nitrogen and oxygen atoms in total. The molecule has 0 amide bonds.